The Balaban J connectivity index is 1.58. The van der Waals surface area contributed by atoms with Gasteiger partial charge in [-0.1, -0.05) is 19.9 Å². The normalized spacial score (nSPS) is 17.2. The van der Waals surface area contributed by atoms with Crippen LogP contribution >= 0.6 is 0 Å². The lowest BCUT2D eigenvalue weighted by Crippen LogP contribution is -2.51. The van der Waals surface area contributed by atoms with Gasteiger partial charge in [-0.15, -0.1) is 0 Å². The molecule has 7 heteroatoms. The summed E-state index contributed by atoms with van der Waals surface area (Å²) in [7, 11) is 0. The maximum absolute atomic E-state index is 12.9. The SMILES string of the molecule is CC(C)[C@@H](C(=O)N1CCN(Cc2ccccn2)CC1)n1cncn1. The molecule has 0 aliphatic carbocycles. The van der Waals surface area contributed by atoms with E-state index in [1.165, 1.54) is 6.33 Å². The maximum Gasteiger partial charge on any atom is 0.247 e. The van der Waals surface area contributed by atoms with Gasteiger partial charge >= 0.3 is 0 Å². The molecule has 24 heavy (non-hydrogen) atoms. The van der Waals surface area contributed by atoms with Crippen molar-refractivity contribution in [1.29, 1.82) is 0 Å². The Morgan fingerprint density at radius 3 is 2.58 bits per heavy atom. The Bertz CT molecular complexity index is 634. The summed E-state index contributed by atoms with van der Waals surface area (Å²) in [6.45, 7) is 8.13. The molecular weight excluding hydrogens is 304 g/mol. The second-order valence-corrected chi connectivity index (χ2v) is 6.49. The molecule has 1 aliphatic rings. The van der Waals surface area contributed by atoms with Gasteiger partial charge < -0.3 is 4.90 Å². The smallest absolute Gasteiger partial charge is 0.247 e. The number of hydrogen-bond acceptors (Lipinski definition) is 5. The highest BCUT2D eigenvalue weighted by molar-refractivity contribution is 5.80. The highest BCUT2D eigenvalue weighted by Crippen LogP contribution is 2.20. The van der Waals surface area contributed by atoms with Crippen molar-refractivity contribution in [1.82, 2.24) is 29.5 Å². The minimum Gasteiger partial charge on any atom is -0.338 e. The second-order valence-electron chi connectivity index (χ2n) is 6.49. The highest BCUT2D eigenvalue weighted by atomic mass is 16.2. The summed E-state index contributed by atoms with van der Waals surface area (Å²) in [5, 5.41) is 4.16. The molecule has 128 valence electrons. The lowest BCUT2D eigenvalue weighted by atomic mass is 10.0. The predicted octanol–water partition coefficient (Wildman–Crippen LogP) is 1.21. The number of rotatable bonds is 5. The third-order valence-electron chi connectivity index (χ3n) is 4.40. The molecule has 0 saturated carbocycles. The first-order chi connectivity index (χ1) is 11.6. The third-order valence-corrected chi connectivity index (χ3v) is 4.40. The molecular formula is C17H24N6O. The van der Waals surface area contributed by atoms with Crippen molar-refractivity contribution in [3.63, 3.8) is 0 Å². The third kappa shape index (κ3) is 3.79. The Labute approximate surface area is 142 Å². The Morgan fingerprint density at radius 2 is 2.00 bits per heavy atom. The van der Waals surface area contributed by atoms with Gasteiger partial charge in [-0.3, -0.25) is 14.7 Å². The van der Waals surface area contributed by atoms with Crippen molar-refractivity contribution in [3.05, 3.63) is 42.7 Å². The Hall–Kier alpha value is -2.28. The van der Waals surface area contributed by atoms with Crippen LogP contribution in [0, 0.1) is 5.92 Å². The summed E-state index contributed by atoms with van der Waals surface area (Å²) in [5.41, 5.74) is 1.07. The molecule has 2 aromatic rings. The second kappa shape index (κ2) is 7.53. The van der Waals surface area contributed by atoms with Crippen molar-refractivity contribution < 1.29 is 4.79 Å². The van der Waals surface area contributed by atoms with Crippen LogP contribution < -0.4 is 0 Å². The van der Waals surface area contributed by atoms with Crippen LogP contribution in [0.15, 0.2) is 37.1 Å². The standard InChI is InChI=1S/C17H24N6O/c1-14(2)16(23-13-18-12-20-23)17(24)22-9-7-21(8-10-22)11-15-5-3-4-6-19-15/h3-6,12-14,16H,7-11H2,1-2H3/t16-/m0/s1. The molecule has 0 aromatic carbocycles. The largest absolute Gasteiger partial charge is 0.338 e. The Morgan fingerprint density at radius 1 is 1.21 bits per heavy atom. The first kappa shape index (κ1) is 16.6. The summed E-state index contributed by atoms with van der Waals surface area (Å²) in [4.78, 5) is 25.5. The fraction of sp³-hybridized carbons (Fsp3) is 0.529. The summed E-state index contributed by atoms with van der Waals surface area (Å²) in [6.07, 6.45) is 4.92. The zero-order valence-electron chi connectivity index (χ0n) is 14.2. The number of nitrogens with zero attached hydrogens (tertiary/aromatic N) is 6. The van der Waals surface area contributed by atoms with Gasteiger partial charge in [0, 0.05) is 38.9 Å². The number of aromatic nitrogens is 4. The summed E-state index contributed by atoms with van der Waals surface area (Å²) in [5.74, 6) is 0.304. The van der Waals surface area contributed by atoms with E-state index in [9.17, 15) is 4.79 Å². The van der Waals surface area contributed by atoms with Crippen LogP contribution in [0.25, 0.3) is 0 Å². The maximum atomic E-state index is 12.9. The average molecular weight is 328 g/mol. The first-order valence-electron chi connectivity index (χ1n) is 8.40. The van der Waals surface area contributed by atoms with Crippen LogP contribution in [0.1, 0.15) is 25.6 Å². The molecule has 7 nitrogen and oxygen atoms in total. The van der Waals surface area contributed by atoms with Crippen molar-refractivity contribution in [2.45, 2.75) is 26.4 Å². The zero-order valence-corrected chi connectivity index (χ0v) is 14.2. The van der Waals surface area contributed by atoms with Crippen molar-refractivity contribution in [2.75, 3.05) is 26.2 Å². The van der Waals surface area contributed by atoms with Gasteiger partial charge in [0.25, 0.3) is 0 Å². The van der Waals surface area contributed by atoms with Crippen molar-refractivity contribution in [2.24, 2.45) is 5.92 Å². The average Bonchev–Trinajstić information content (AvgIpc) is 3.10. The minimum atomic E-state index is -0.283. The molecule has 1 amide bonds. The minimum absolute atomic E-state index is 0.132. The monoisotopic (exact) mass is 328 g/mol. The molecule has 0 bridgehead atoms. The van der Waals surface area contributed by atoms with Crippen LogP contribution in [-0.4, -0.2) is 61.6 Å². The van der Waals surface area contributed by atoms with Crippen LogP contribution in [0.4, 0.5) is 0 Å². The van der Waals surface area contributed by atoms with Gasteiger partial charge in [-0.2, -0.15) is 5.10 Å². The lowest BCUT2D eigenvalue weighted by Gasteiger charge is -2.36. The highest BCUT2D eigenvalue weighted by Gasteiger charge is 2.31. The fourth-order valence-corrected chi connectivity index (χ4v) is 3.10. The van der Waals surface area contributed by atoms with Crippen LogP contribution in [0.5, 0.6) is 0 Å². The van der Waals surface area contributed by atoms with Gasteiger partial charge in [0.2, 0.25) is 5.91 Å². The summed E-state index contributed by atoms with van der Waals surface area (Å²) < 4.78 is 1.67. The molecule has 0 unspecified atom stereocenters. The van der Waals surface area contributed by atoms with E-state index in [1.54, 1.807) is 11.0 Å². The van der Waals surface area contributed by atoms with E-state index in [2.05, 4.69) is 20.0 Å². The molecule has 3 heterocycles. The summed E-state index contributed by atoms with van der Waals surface area (Å²) >= 11 is 0. The number of carbonyl (C=O) groups is 1. The first-order valence-corrected chi connectivity index (χ1v) is 8.40. The predicted molar refractivity (Wildman–Crippen MR) is 90.0 cm³/mol. The zero-order chi connectivity index (χ0) is 16.9. The van der Waals surface area contributed by atoms with E-state index in [0.717, 1.165) is 38.4 Å². The number of piperazine rings is 1. The molecule has 1 fully saturated rings. The molecule has 1 aliphatic heterocycles. The number of carbonyl (C=O) groups excluding carboxylic acids is 1. The van der Waals surface area contributed by atoms with Gasteiger partial charge in [0.05, 0.1) is 5.69 Å². The van der Waals surface area contributed by atoms with Crippen molar-refractivity contribution in [3.8, 4) is 0 Å². The lowest BCUT2D eigenvalue weighted by molar-refractivity contribution is -0.138. The Kier molecular flexibility index (Phi) is 5.20. The van der Waals surface area contributed by atoms with Crippen molar-refractivity contribution >= 4 is 5.91 Å². The topological polar surface area (TPSA) is 67.2 Å². The van der Waals surface area contributed by atoms with Gasteiger partial charge in [0.15, 0.2) is 0 Å². The molecule has 2 aromatic heterocycles. The van der Waals surface area contributed by atoms with E-state index < -0.39 is 0 Å². The van der Waals surface area contributed by atoms with Gasteiger partial charge in [-0.05, 0) is 18.1 Å². The summed E-state index contributed by atoms with van der Waals surface area (Å²) in [6, 6.07) is 5.69. The van der Waals surface area contributed by atoms with Crippen LogP contribution in [-0.2, 0) is 11.3 Å². The number of amides is 1. The van der Waals surface area contributed by atoms with E-state index >= 15 is 0 Å². The number of pyridine rings is 1. The van der Waals surface area contributed by atoms with Gasteiger partial charge in [-0.25, -0.2) is 9.67 Å². The van der Waals surface area contributed by atoms with Gasteiger partial charge in [0.1, 0.15) is 18.7 Å². The van der Waals surface area contributed by atoms with E-state index in [-0.39, 0.29) is 17.9 Å². The molecule has 1 atom stereocenters. The van der Waals surface area contributed by atoms with E-state index in [4.69, 9.17) is 0 Å². The molecule has 0 radical (unpaired) electrons. The van der Waals surface area contributed by atoms with E-state index in [0.29, 0.717) is 0 Å². The van der Waals surface area contributed by atoms with E-state index in [1.807, 2.05) is 43.1 Å². The number of hydrogen-bond donors (Lipinski definition) is 0. The quantitative estimate of drug-likeness (QED) is 0.825. The van der Waals surface area contributed by atoms with Crippen LogP contribution in [0.3, 0.4) is 0 Å². The molecule has 0 spiro atoms. The molecule has 1 saturated heterocycles. The molecule has 3 rings (SSSR count). The fourth-order valence-electron chi connectivity index (χ4n) is 3.10. The van der Waals surface area contributed by atoms with Crippen LogP contribution in [0.2, 0.25) is 0 Å². The molecule has 0 N–H and O–H groups in total.